The van der Waals surface area contributed by atoms with Crippen LogP contribution in [0.15, 0.2) is 24.4 Å². The van der Waals surface area contributed by atoms with E-state index in [0.717, 1.165) is 5.69 Å². The predicted molar refractivity (Wildman–Crippen MR) is 42.5 cm³/mol. The summed E-state index contributed by atoms with van der Waals surface area (Å²) in [5, 5.41) is 0. The van der Waals surface area contributed by atoms with E-state index in [9.17, 15) is 0 Å². The third-order valence-electron chi connectivity index (χ3n) is 1.58. The molecule has 0 aromatic carbocycles. The van der Waals surface area contributed by atoms with Gasteiger partial charge in [-0.2, -0.15) is 0 Å². The van der Waals surface area contributed by atoms with E-state index in [-0.39, 0.29) is 0 Å². The Hall–Kier alpha value is -0.930. The van der Waals surface area contributed by atoms with Crippen LogP contribution >= 0.6 is 0 Å². The molecule has 0 saturated heterocycles. The van der Waals surface area contributed by atoms with Gasteiger partial charge >= 0.3 is 0 Å². The van der Waals surface area contributed by atoms with E-state index in [0.29, 0.717) is 0 Å². The Morgan fingerprint density at radius 1 is 1.45 bits per heavy atom. The maximum absolute atomic E-state index is 5.10. The second kappa shape index (κ2) is 2.98. The summed E-state index contributed by atoms with van der Waals surface area (Å²) < 4.78 is 0. The van der Waals surface area contributed by atoms with Gasteiger partial charge in [0.25, 0.3) is 0 Å². The fourth-order valence-electron chi connectivity index (χ4n) is 0.779. The molecule has 3 heteroatoms. The van der Waals surface area contributed by atoms with Gasteiger partial charge in [-0.3, -0.25) is 9.82 Å². The zero-order valence-electron chi connectivity index (χ0n) is 6.74. The number of hydrogen-bond acceptors (Lipinski definition) is 3. The quantitative estimate of drug-likeness (QED) is 0.648. The van der Waals surface area contributed by atoms with E-state index in [1.807, 2.05) is 32.0 Å². The van der Waals surface area contributed by atoms with Crippen LogP contribution in [0, 0.1) is 0 Å². The molecule has 0 aliphatic heterocycles. The smallest absolute Gasteiger partial charge is 0.125 e. The Kier molecular flexibility index (Phi) is 2.22. The van der Waals surface area contributed by atoms with Gasteiger partial charge in [0.2, 0.25) is 0 Å². The third-order valence-corrected chi connectivity index (χ3v) is 1.58. The number of rotatable bonds is 2. The molecule has 0 aliphatic rings. The highest BCUT2D eigenvalue weighted by molar-refractivity contribution is 5.10. The monoisotopic (exact) mass is 152 g/mol. The molecule has 0 aliphatic carbocycles. The molecule has 0 unspecified atom stereocenters. The maximum Gasteiger partial charge on any atom is 0.125 e. The van der Waals surface area contributed by atoms with Crippen LogP contribution in [0.3, 0.4) is 0 Å². The molecule has 0 atom stereocenters. The van der Waals surface area contributed by atoms with Crippen LogP contribution in [-0.2, 0) is 10.4 Å². The Morgan fingerprint density at radius 3 is 2.64 bits per heavy atom. The second-order valence-corrected chi connectivity index (χ2v) is 2.84. The summed E-state index contributed by atoms with van der Waals surface area (Å²) in [5.74, 6) is 5.10. The molecule has 2 N–H and O–H groups in total. The van der Waals surface area contributed by atoms with E-state index in [1.165, 1.54) is 0 Å². The van der Waals surface area contributed by atoms with Crippen molar-refractivity contribution in [3.05, 3.63) is 30.1 Å². The van der Waals surface area contributed by atoms with Crippen LogP contribution in [0.5, 0.6) is 0 Å². The van der Waals surface area contributed by atoms with Crippen molar-refractivity contribution in [2.45, 2.75) is 19.4 Å². The maximum atomic E-state index is 5.10. The lowest BCUT2D eigenvalue weighted by Gasteiger charge is -2.20. The summed E-state index contributed by atoms with van der Waals surface area (Å²) in [5.41, 5.74) is 0.337. The molecule has 0 radical (unpaired) electrons. The summed E-state index contributed by atoms with van der Waals surface area (Å²) in [7, 11) is 0. The fraction of sp³-hybridized carbons (Fsp3) is 0.375. The van der Waals surface area contributed by atoms with Gasteiger partial charge in [-0.25, -0.2) is 5.90 Å². The molecule has 1 rings (SSSR count). The normalized spacial score (nSPS) is 11.5. The molecule has 1 heterocycles. The van der Waals surface area contributed by atoms with Crippen molar-refractivity contribution in [2.75, 3.05) is 0 Å². The SMILES string of the molecule is CC(C)(ON)c1ccccn1. The molecule has 11 heavy (non-hydrogen) atoms. The van der Waals surface area contributed by atoms with Crippen LogP contribution in [0.1, 0.15) is 19.5 Å². The lowest BCUT2D eigenvalue weighted by molar-refractivity contribution is -0.0268. The lowest BCUT2D eigenvalue weighted by atomic mass is 10.1. The van der Waals surface area contributed by atoms with Crippen molar-refractivity contribution < 1.29 is 4.84 Å². The van der Waals surface area contributed by atoms with E-state index in [1.54, 1.807) is 6.20 Å². The first kappa shape index (κ1) is 8.17. The minimum atomic E-state index is -0.499. The van der Waals surface area contributed by atoms with E-state index >= 15 is 0 Å². The summed E-state index contributed by atoms with van der Waals surface area (Å²) >= 11 is 0. The number of hydrogen-bond donors (Lipinski definition) is 1. The van der Waals surface area contributed by atoms with Gasteiger partial charge in [-0.1, -0.05) is 6.07 Å². The highest BCUT2D eigenvalue weighted by Gasteiger charge is 2.20. The highest BCUT2D eigenvalue weighted by atomic mass is 16.6. The first-order chi connectivity index (χ1) is 5.17. The Balaban J connectivity index is 2.93. The van der Waals surface area contributed by atoms with Crippen molar-refractivity contribution in [2.24, 2.45) is 5.90 Å². The van der Waals surface area contributed by atoms with Crippen LogP contribution < -0.4 is 5.90 Å². The van der Waals surface area contributed by atoms with Crippen LogP contribution in [-0.4, -0.2) is 4.98 Å². The molecule has 60 valence electrons. The van der Waals surface area contributed by atoms with E-state index in [2.05, 4.69) is 4.98 Å². The summed E-state index contributed by atoms with van der Waals surface area (Å²) in [6.45, 7) is 3.74. The molecule has 0 fully saturated rings. The number of aromatic nitrogens is 1. The number of pyridine rings is 1. The van der Waals surface area contributed by atoms with Crippen molar-refractivity contribution in [1.29, 1.82) is 0 Å². The first-order valence-electron chi connectivity index (χ1n) is 3.46. The molecule has 0 bridgehead atoms. The third kappa shape index (κ3) is 1.76. The molecule has 0 spiro atoms. The van der Waals surface area contributed by atoms with Crippen molar-refractivity contribution in [3.63, 3.8) is 0 Å². The van der Waals surface area contributed by atoms with Gasteiger partial charge in [-0.15, -0.1) is 0 Å². The summed E-state index contributed by atoms with van der Waals surface area (Å²) in [6.07, 6.45) is 1.72. The predicted octanol–water partition coefficient (Wildman–Crippen LogP) is 1.21. The van der Waals surface area contributed by atoms with Crippen molar-refractivity contribution in [1.82, 2.24) is 4.98 Å². The second-order valence-electron chi connectivity index (χ2n) is 2.84. The topological polar surface area (TPSA) is 48.1 Å². The number of nitrogens with zero attached hydrogens (tertiary/aromatic N) is 1. The average Bonchev–Trinajstić information content (AvgIpc) is 2.06. The fourth-order valence-corrected chi connectivity index (χ4v) is 0.779. The van der Waals surface area contributed by atoms with Gasteiger partial charge in [0, 0.05) is 6.20 Å². The van der Waals surface area contributed by atoms with Gasteiger partial charge in [-0.05, 0) is 26.0 Å². The Labute approximate surface area is 66.2 Å². The molecular formula is C8H12N2O. The van der Waals surface area contributed by atoms with Crippen LogP contribution in [0.25, 0.3) is 0 Å². The van der Waals surface area contributed by atoms with Gasteiger partial charge in [0.1, 0.15) is 5.60 Å². The van der Waals surface area contributed by atoms with Gasteiger partial charge in [0.15, 0.2) is 0 Å². The standard InChI is InChI=1S/C8H12N2O/c1-8(2,11-9)7-5-3-4-6-10-7/h3-6H,9H2,1-2H3. The Morgan fingerprint density at radius 2 is 2.18 bits per heavy atom. The lowest BCUT2D eigenvalue weighted by Crippen LogP contribution is -2.26. The molecule has 1 aromatic rings. The zero-order valence-corrected chi connectivity index (χ0v) is 6.74. The van der Waals surface area contributed by atoms with E-state index in [4.69, 9.17) is 10.7 Å². The van der Waals surface area contributed by atoms with E-state index < -0.39 is 5.60 Å². The van der Waals surface area contributed by atoms with Crippen LogP contribution in [0.4, 0.5) is 0 Å². The minimum absolute atomic E-state index is 0.499. The molecule has 3 nitrogen and oxygen atoms in total. The zero-order chi connectivity index (χ0) is 8.32. The minimum Gasteiger partial charge on any atom is -0.292 e. The molecule has 0 amide bonds. The van der Waals surface area contributed by atoms with Gasteiger partial charge < -0.3 is 0 Å². The highest BCUT2D eigenvalue weighted by Crippen LogP contribution is 2.19. The summed E-state index contributed by atoms with van der Waals surface area (Å²) in [6, 6.07) is 5.64. The average molecular weight is 152 g/mol. The van der Waals surface area contributed by atoms with Crippen molar-refractivity contribution in [3.8, 4) is 0 Å². The number of nitrogens with two attached hydrogens (primary N) is 1. The molecular weight excluding hydrogens is 140 g/mol. The van der Waals surface area contributed by atoms with Gasteiger partial charge in [0.05, 0.1) is 5.69 Å². The first-order valence-corrected chi connectivity index (χ1v) is 3.46. The molecule has 0 saturated carbocycles. The molecule has 1 aromatic heterocycles. The Bertz CT molecular complexity index is 221. The van der Waals surface area contributed by atoms with Crippen LogP contribution in [0.2, 0.25) is 0 Å². The largest absolute Gasteiger partial charge is 0.292 e. The van der Waals surface area contributed by atoms with Crippen molar-refractivity contribution >= 4 is 0 Å². The summed E-state index contributed by atoms with van der Waals surface area (Å²) in [4.78, 5) is 8.88.